The molecule has 5 nitrogen and oxygen atoms in total. The third-order valence-electron chi connectivity index (χ3n) is 3.29. The van der Waals surface area contributed by atoms with E-state index in [1.165, 1.54) is 23.0 Å². The van der Waals surface area contributed by atoms with Crippen molar-refractivity contribution in [1.29, 1.82) is 0 Å². The molecule has 0 radical (unpaired) electrons. The summed E-state index contributed by atoms with van der Waals surface area (Å²) in [5, 5.41) is 7.40. The Bertz CT molecular complexity index is 1000. The van der Waals surface area contributed by atoms with Gasteiger partial charge in [0.15, 0.2) is 5.69 Å². The van der Waals surface area contributed by atoms with Crippen molar-refractivity contribution >= 4 is 50.7 Å². The fraction of sp³-hybridized carbons (Fsp3) is 0. The summed E-state index contributed by atoms with van der Waals surface area (Å²) >= 11 is 15.2. The van der Waals surface area contributed by atoms with Gasteiger partial charge >= 0.3 is 0 Å². The highest BCUT2D eigenvalue weighted by atomic mass is 79.9. The lowest BCUT2D eigenvalue weighted by Crippen LogP contribution is -2.25. The molecule has 3 rings (SSSR count). The lowest BCUT2D eigenvalue weighted by Gasteiger charge is -2.09. The maximum atomic E-state index is 12.4. The summed E-state index contributed by atoms with van der Waals surface area (Å²) in [6, 6.07) is 13.2. The van der Waals surface area contributed by atoms with Gasteiger partial charge in [-0.2, -0.15) is 5.10 Å². The van der Waals surface area contributed by atoms with Crippen molar-refractivity contribution in [2.75, 3.05) is 5.32 Å². The molecule has 1 heterocycles. The molecule has 0 atom stereocenters. The number of hydrogen-bond acceptors (Lipinski definition) is 3. The Morgan fingerprint density at radius 1 is 1.08 bits per heavy atom. The van der Waals surface area contributed by atoms with E-state index in [-0.39, 0.29) is 10.7 Å². The number of hydrogen-bond donors (Lipinski definition) is 1. The van der Waals surface area contributed by atoms with Gasteiger partial charge in [0.25, 0.3) is 5.91 Å². The Morgan fingerprint density at radius 3 is 2.48 bits per heavy atom. The van der Waals surface area contributed by atoms with E-state index in [9.17, 15) is 9.59 Å². The van der Waals surface area contributed by atoms with Crippen molar-refractivity contribution in [1.82, 2.24) is 9.78 Å². The van der Waals surface area contributed by atoms with Gasteiger partial charge in [-0.05, 0) is 42.5 Å². The molecular weight excluding hydrogens is 429 g/mol. The fourth-order valence-corrected chi connectivity index (χ4v) is 2.79. The summed E-state index contributed by atoms with van der Waals surface area (Å²) < 4.78 is 2.36. The Morgan fingerprint density at radius 2 is 1.80 bits per heavy atom. The van der Waals surface area contributed by atoms with E-state index in [1.54, 1.807) is 24.3 Å². The van der Waals surface area contributed by atoms with Crippen LogP contribution in [-0.4, -0.2) is 15.7 Å². The van der Waals surface area contributed by atoms with Gasteiger partial charge in [0.2, 0.25) is 5.43 Å². The average molecular weight is 439 g/mol. The molecule has 25 heavy (non-hydrogen) atoms. The van der Waals surface area contributed by atoms with E-state index in [2.05, 4.69) is 26.3 Å². The molecule has 0 spiro atoms. The van der Waals surface area contributed by atoms with E-state index >= 15 is 0 Å². The van der Waals surface area contributed by atoms with Gasteiger partial charge < -0.3 is 5.32 Å². The second-order valence-corrected chi connectivity index (χ2v) is 6.79. The van der Waals surface area contributed by atoms with Crippen LogP contribution in [-0.2, 0) is 0 Å². The van der Waals surface area contributed by atoms with Gasteiger partial charge in [0, 0.05) is 21.8 Å². The average Bonchev–Trinajstić information content (AvgIpc) is 2.58. The molecular formula is C17H10BrCl2N3O2. The molecule has 0 aliphatic carbocycles. The number of carbonyl (C=O) groups is 1. The third-order valence-corrected chi connectivity index (χ3v) is 4.37. The van der Waals surface area contributed by atoms with Crippen LogP contribution in [0.2, 0.25) is 10.0 Å². The monoisotopic (exact) mass is 437 g/mol. The lowest BCUT2D eigenvalue weighted by atomic mass is 10.3. The van der Waals surface area contributed by atoms with Crippen LogP contribution in [0.3, 0.4) is 0 Å². The molecule has 0 fully saturated rings. The molecule has 2 aromatic carbocycles. The van der Waals surface area contributed by atoms with Gasteiger partial charge in [-0.25, -0.2) is 4.68 Å². The summed E-state index contributed by atoms with van der Waals surface area (Å²) in [5.41, 5.74) is 0.325. The molecule has 3 aromatic rings. The highest BCUT2D eigenvalue weighted by Crippen LogP contribution is 2.25. The summed E-state index contributed by atoms with van der Waals surface area (Å²) in [6.07, 6.45) is 1.50. The first kappa shape index (κ1) is 17.7. The van der Waals surface area contributed by atoms with Crippen LogP contribution < -0.4 is 10.7 Å². The van der Waals surface area contributed by atoms with E-state index in [1.807, 2.05) is 12.1 Å². The Balaban J connectivity index is 1.93. The number of anilines is 1. The van der Waals surface area contributed by atoms with Gasteiger partial charge in [0.05, 0.1) is 16.4 Å². The van der Waals surface area contributed by atoms with Crippen LogP contribution in [0.15, 0.2) is 64.0 Å². The van der Waals surface area contributed by atoms with Gasteiger partial charge in [-0.1, -0.05) is 39.1 Å². The lowest BCUT2D eigenvalue weighted by molar-refractivity contribution is 0.101. The van der Waals surface area contributed by atoms with E-state index in [4.69, 9.17) is 23.2 Å². The number of aromatic nitrogens is 2. The number of amides is 1. The van der Waals surface area contributed by atoms with Crippen LogP contribution in [0.5, 0.6) is 0 Å². The number of rotatable bonds is 3. The first-order chi connectivity index (χ1) is 11.9. The number of benzene rings is 2. The highest BCUT2D eigenvalue weighted by Gasteiger charge is 2.15. The largest absolute Gasteiger partial charge is 0.319 e. The van der Waals surface area contributed by atoms with Crippen molar-refractivity contribution < 1.29 is 4.79 Å². The molecule has 126 valence electrons. The molecule has 0 saturated carbocycles. The van der Waals surface area contributed by atoms with Gasteiger partial charge in [0.1, 0.15) is 0 Å². The van der Waals surface area contributed by atoms with Crippen LogP contribution in [0, 0.1) is 0 Å². The Hall–Kier alpha value is -2.15. The predicted octanol–water partition coefficient (Wildman–Crippen LogP) is 4.55. The predicted molar refractivity (Wildman–Crippen MR) is 102 cm³/mol. The maximum Gasteiger partial charge on any atom is 0.280 e. The minimum atomic E-state index is -0.652. The van der Waals surface area contributed by atoms with Crippen LogP contribution in [0.25, 0.3) is 5.69 Å². The summed E-state index contributed by atoms with van der Waals surface area (Å²) in [6.45, 7) is 0. The first-order valence-corrected chi connectivity index (χ1v) is 8.61. The second kappa shape index (κ2) is 7.39. The minimum Gasteiger partial charge on any atom is -0.319 e. The molecule has 0 unspecified atom stereocenters. The van der Waals surface area contributed by atoms with E-state index < -0.39 is 11.3 Å². The zero-order valence-electron chi connectivity index (χ0n) is 12.5. The van der Waals surface area contributed by atoms with Crippen molar-refractivity contribution in [3.8, 4) is 5.69 Å². The number of carbonyl (C=O) groups excluding carboxylic acids is 1. The topological polar surface area (TPSA) is 64.0 Å². The second-order valence-electron chi connectivity index (χ2n) is 5.03. The van der Waals surface area contributed by atoms with Gasteiger partial charge in [-0.3, -0.25) is 9.59 Å². The Kier molecular flexibility index (Phi) is 5.22. The van der Waals surface area contributed by atoms with E-state index in [0.29, 0.717) is 16.4 Å². The minimum absolute atomic E-state index is 0.239. The van der Waals surface area contributed by atoms with Gasteiger partial charge in [-0.15, -0.1) is 0 Å². The molecule has 0 saturated heterocycles. The number of nitrogens with one attached hydrogen (secondary N) is 1. The summed E-state index contributed by atoms with van der Waals surface area (Å²) in [5.74, 6) is -0.652. The quantitative estimate of drug-likeness (QED) is 0.652. The molecule has 1 amide bonds. The highest BCUT2D eigenvalue weighted by molar-refractivity contribution is 9.10. The molecule has 0 bridgehead atoms. The van der Waals surface area contributed by atoms with Crippen molar-refractivity contribution in [3.63, 3.8) is 0 Å². The van der Waals surface area contributed by atoms with Crippen molar-refractivity contribution in [2.45, 2.75) is 0 Å². The first-order valence-electron chi connectivity index (χ1n) is 7.06. The SMILES string of the molecule is O=C(Nc1ccc(Cl)cc1Cl)c1nn(-c2ccc(Br)cc2)ccc1=O. The van der Waals surface area contributed by atoms with E-state index in [0.717, 1.165) is 4.47 Å². The van der Waals surface area contributed by atoms with Crippen molar-refractivity contribution in [3.05, 3.63) is 85.2 Å². The smallest absolute Gasteiger partial charge is 0.280 e. The number of nitrogens with zero attached hydrogens (tertiary/aromatic N) is 2. The van der Waals surface area contributed by atoms with Crippen LogP contribution in [0.1, 0.15) is 10.5 Å². The standard InChI is InChI=1S/C17H10BrCl2N3O2/c18-10-1-4-12(5-2-10)23-8-7-15(24)16(22-23)17(25)21-14-6-3-11(19)9-13(14)20/h1-9H,(H,21,25). The molecule has 8 heteroatoms. The maximum absolute atomic E-state index is 12.4. The molecule has 1 N–H and O–H groups in total. The normalized spacial score (nSPS) is 10.5. The zero-order chi connectivity index (χ0) is 18.0. The van der Waals surface area contributed by atoms with Crippen LogP contribution in [0.4, 0.5) is 5.69 Å². The summed E-state index contributed by atoms with van der Waals surface area (Å²) in [4.78, 5) is 24.5. The van der Waals surface area contributed by atoms with Crippen molar-refractivity contribution in [2.24, 2.45) is 0 Å². The van der Waals surface area contributed by atoms with Crippen LogP contribution >= 0.6 is 39.1 Å². The summed E-state index contributed by atoms with van der Waals surface area (Å²) in [7, 11) is 0. The molecule has 0 aliphatic heterocycles. The fourth-order valence-electron chi connectivity index (χ4n) is 2.07. The molecule has 0 aliphatic rings. The Labute approximate surface area is 161 Å². The third kappa shape index (κ3) is 4.10. The molecule has 1 aromatic heterocycles. The number of halogens is 3. The zero-order valence-corrected chi connectivity index (χ0v) is 15.6.